The maximum Gasteiger partial charge on any atom is 0.241 e. The van der Waals surface area contributed by atoms with Crippen molar-refractivity contribution in [2.75, 3.05) is 18.5 Å². The summed E-state index contributed by atoms with van der Waals surface area (Å²) in [7, 11) is 1.90. The van der Waals surface area contributed by atoms with Gasteiger partial charge in [-0.1, -0.05) is 0 Å². The number of ether oxygens (including phenoxy) is 2. The highest BCUT2D eigenvalue weighted by Crippen LogP contribution is 2.30. The number of nitrogens with zero attached hydrogens (tertiary/aromatic N) is 4. The summed E-state index contributed by atoms with van der Waals surface area (Å²) in [5, 5.41) is 16.0. The van der Waals surface area contributed by atoms with Gasteiger partial charge in [0, 0.05) is 18.9 Å². The second-order valence-corrected chi connectivity index (χ2v) is 6.03. The molecule has 5 rings (SSSR count). The van der Waals surface area contributed by atoms with Crippen LogP contribution in [0.25, 0.3) is 21.9 Å². The van der Waals surface area contributed by atoms with Gasteiger partial charge in [0.1, 0.15) is 11.6 Å². The van der Waals surface area contributed by atoms with E-state index in [2.05, 4.69) is 25.6 Å². The Morgan fingerprint density at radius 2 is 2.24 bits per heavy atom. The number of aromatic amines is 1. The molecule has 4 aromatic rings. The molecule has 0 bridgehead atoms. The molecule has 0 unspecified atom stereocenters. The van der Waals surface area contributed by atoms with Gasteiger partial charge in [-0.05, 0) is 30.3 Å². The molecule has 0 saturated carbocycles. The Kier molecular flexibility index (Phi) is 3.10. The highest BCUT2D eigenvalue weighted by molar-refractivity contribution is 5.91. The summed E-state index contributed by atoms with van der Waals surface area (Å²) >= 11 is 0. The molecule has 0 aliphatic carbocycles. The van der Waals surface area contributed by atoms with E-state index >= 15 is 0 Å². The van der Waals surface area contributed by atoms with Crippen LogP contribution in [0.2, 0.25) is 0 Å². The second-order valence-electron chi connectivity index (χ2n) is 6.03. The summed E-state index contributed by atoms with van der Waals surface area (Å²) in [6.07, 6.45) is 1.85. The summed E-state index contributed by atoms with van der Waals surface area (Å²) < 4.78 is 12.9. The largest absolute Gasteiger partial charge is 0.468 e. The number of hydrogen-bond acceptors (Lipinski definition) is 6. The van der Waals surface area contributed by atoms with E-state index in [0.29, 0.717) is 24.9 Å². The lowest BCUT2D eigenvalue weighted by molar-refractivity contribution is -0.0809. The molecule has 0 amide bonds. The predicted molar refractivity (Wildman–Crippen MR) is 93.1 cm³/mol. The molecule has 1 saturated heterocycles. The van der Waals surface area contributed by atoms with Crippen molar-refractivity contribution in [3.63, 3.8) is 0 Å². The maximum atomic E-state index is 5.88. The van der Waals surface area contributed by atoms with Gasteiger partial charge in [0.05, 0.1) is 29.6 Å². The van der Waals surface area contributed by atoms with E-state index < -0.39 is 0 Å². The van der Waals surface area contributed by atoms with Gasteiger partial charge in [-0.25, -0.2) is 0 Å². The van der Waals surface area contributed by atoms with Gasteiger partial charge in [0.25, 0.3) is 0 Å². The lowest BCUT2D eigenvalue weighted by Gasteiger charge is -2.25. The zero-order valence-electron chi connectivity index (χ0n) is 13.6. The molecule has 1 aliphatic rings. The number of benzene rings is 1. The Labute approximate surface area is 142 Å². The van der Waals surface area contributed by atoms with Crippen molar-refractivity contribution in [3.8, 4) is 5.88 Å². The minimum absolute atomic E-state index is 0.0948. The number of pyridine rings is 1. The van der Waals surface area contributed by atoms with E-state index in [0.717, 1.165) is 27.6 Å². The van der Waals surface area contributed by atoms with Crippen LogP contribution in [0.15, 0.2) is 36.5 Å². The van der Waals surface area contributed by atoms with E-state index in [9.17, 15) is 0 Å². The topological polar surface area (TPSA) is 89.9 Å². The number of fused-ring (bicyclic) bond motifs is 2. The second kappa shape index (κ2) is 5.45. The summed E-state index contributed by atoms with van der Waals surface area (Å²) in [6.45, 7) is 1.24. The zero-order valence-corrected chi connectivity index (χ0v) is 13.6. The van der Waals surface area contributed by atoms with Gasteiger partial charge >= 0.3 is 0 Å². The van der Waals surface area contributed by atoms with E-state index in [1.165, 1.54) is 0 Å². The van der Waals surface area contributed by atoms with Gasteiger partial charge in [0.15, 0.2) is 5.82 Å². The average Bonchev–Trinajstić information content (AvgIpc) is 3.13. The number of anilines is 2. The zero-order chi connectivity index (χ0) is 16.8. The molecule has 1 aliphatic heterocycles. The van der Waals surface area contributed by atoms with Crippen LogP contribution in [-0.4, -0.2) is 44.3 Å². The van der Waals surface area contributed by atoms with Crippen molar-refractivity contribution in [3.05, 3.63) is 36.5 Å². The average molecular weight is 336 g/mol. The van der Waals surface area contributed by atoms with Crippen molar-refractivity contribution >= 4 is 33.4 Å². The molecule has 0 radical (unpaired) electrons. The van der Waals surface area contributed by atoms with Gasteiger partial charge in [-0.15, -0.1) is 5.10 Å². The Bertz CT molecular complexity index is 1070. The van der Waals surface area contributed by atoms with E-state index in [4.69, 9.17) is 9.47 Å². The van der Waals surface area contributed by atoms with E-state index in [1.54, 1.807) is 6.20 Å². The Hall–Kier alpha value is -3.13. The molecule has 1 aromatic carbocycles. The van der Waals surface area contributed by atoms with Crippen molar-refractivity contribution in [1.29, 1.82) is 0 Å². The molecule has 2 N–H and O–H groups in total. The van der Waals surface area contributed by atoms with E-state index in [1.807, 2.05) is 42.1 Å². The highest BCUT2D eigenvalue weighted by atomic mass is 16.6. The molecule has 0 atom stereocenters. The normalized spacial score (nSPS) is 14.8. The lowest BCUT2D eigenvalue weighted by Crippen LogP contribution is -2.38. The fourth-order valence-corrected chi connectivity index (χ4v) is 2.91. The fraction of sp³-hybridized carbons (Fsp3) is 0.235. The molecule has 126 valence electrons. The summed E-state index contributed by atoms with van der Waals surface area (Å²) in [6, 6.07) is 9.83. The maximum absolute atomic E-state index is 5.88. The van der Waals surface area contributed by atoms with Crippen molar-refractivity contribution in [1.82, 2.24) is 25.0 Å². The Balaban J connectivity index is 1.49. The molecule has 0 spiro atoms. The van der Waals surface area contributed by atoms with E-state index in [-0.39, 0.29) is 6.10 Å². The number of nitrogens with one attached hydrogen (secondary N) is 2. The fourth-order valence-electron chi connectivity index (χ4n) is 2.91. The first kappa shape index (κ1) is 14.2. The van der Waals surface area contributed by atoms with Crippen LogP contribution in [0.3, 0.4) is 0 Å². The van der Waals surface area contributed by atoms with Gasteiger partial charge in [0.2, 0.25) is 5.88 Å². The van der Waals surface area contributed by atoms with Gasteiger partial charge in [-0.2, -0.15) is 5.10 Å². The first-order valence-corrected chi connectivity index (χ1v) is 8.05. The van der Waals surface area contributed by atoms with Crippen LogP contribution >= 0.6 is 0 Å². The quantitative estimate of drug-likeness (QED) is 0.595. The summed E-state index contributed by atoms with van der Waals surface area (Å²) in [5.74, 6) is 1.34. The molecular formula is C17H16N6O2. The molecular weight excluding hydrogens is 320 g/mol. The standard InChI is InChI=1S/C17H16N6O2/c1-23-14-7-10(19-16-15-13(20-21-16)3-2-6-18-15)4-5-12(14)17(22-23)25-11-8-24-9-11/h2-7,11H,8-9H2,1H3,(H2,19,20,21). The SMILES string of the molecule is Cn1nc(OC2COC2)c2ccc(Nc3n[nH]c4cccnc34)cc21. The van der Waals surface area contributed by atoms with Gasteiger partial charge in [-0.3, -0.25) is 14.8 Å². The Morgan fingerprint density at radius 3 is 3.08 bits per heavy atom. The lowest BCUT2D eigenvalue weighted by atomic mass is 10.2. The third kappa shape index (κ3) is 2.38. The monoisotopic (exact) mass is 336 g/mol. The molecule has 8 heteroatoms. The first-order valence-electron chi connectivity index (χ1n) is 8.05. The van der Waals surface area contributed by atoms with Crippen LogP contribution in [-0.2, 0) is 11.8 Å². The number of aromatic nitrogens is 5. The summed E-state index contributed by atoms with van der Waals surface area (Å²) in [4.78, 5) is 4.36. The van der Waals surface area contributed by atoms with Crippen LogP contribution < -0.4 is 10.1 Å². The molecule has 8 nitrogen and oxygen atoms in total. The van der Waals surface area contributed by atoms with Crippen LogP contribution in [0, 0.1) is 0 Å². The molecule has 1 fully saturated rings. The van der Waals surface area contributed by atoms with Crippen molar-refractivity contribution < 1.29 is 9.47 Å². The predicted octanol–water partition coefficient (Wildman–Crippen LogP) is 2.37. The Morgan fingerprint density at radius 1 is 1.32 bits per heavy atom. The van der Waals surface area contributed by atoms with Crippen LogP contribution in [0.4, 0.5) is 11.5 Å². The first-order chi connectivity index (χ1) is 12.3. The van der Waals surface area contributed by atoms with Crippen molar-refractivity contribution in [2.24, 2.45) is 7.05 Å². The number of rotatable bonds is 4. The smallest absolute Gasteiger partial charge is 0.241 e. The minimum atomic E-state index is 0.0948. The van der Waals surface area contributed by atoms with Gasteiger partial charge < -0.3 is 14.8 Å². The minimum Gasteiger partial charge on any atom is -0.468 e. The highest BCUT2D eigenvalue weighted by Gasteiger charge is 2.23. The van der Waals surface area contributed by atoms with Crippen molar-refractivity contribution in [2.45, 2.75) is 6.10 Å². The number of hydrogen-bond donors (Lipinski definition) is 2. The summed E-state index contributed by atoms with van der Waals surface area (Å²) in [5.41, 5.74) is 3.59. The van der Waals surface area contributed by atoms with Crippen LogP contribution in [0.5, 0.6) is 5.88 Å². The number of H-pyrrole nitrogens is 1. The molecule has 25 heavy (non-hydrogen) atoms. The molecule has 3 aromatic heterocycles. The molecule has 4 heterocycles. The number of aryl methyl sites for hydroxylation is 1. The third-order valence-electron chi connectivity index (χ3n) is 4.29. The van der Waals surface area contributed by atoms with Crippen LogP contribution in [0.1, 0.15) is 0 Å². The third-order valence-corrected chi connectivity index (χ3v) is 4.29.